The average molecular weight is 221 g/mol. The highest BCUT2D eigenvalue weighted by molar-refractivity contribution is 5.48. The Hall–Kier alpha value is -1.06. The lowest BCUT2D eigenvalue weighted by atomic mass is 10.2. The Morgan fingerprint density at radius 1 is 1.12 bits per heavy atom. The molecule has 0 atom stereocenters. The third-order valence-electron chi connectivity index (χ3n) is 2.81. The summed E-state index contributed by atoms with van der Waals surface area (Å²) in [7, 11) is 0. The second kappa shape index (κ2) is 6.51. The Bertz CT molecular complexity index is 312. The molecule has 0 aliphatic rings. The van der Waals surface area contributed by atoms with Crippen LogP contribution in [0.2, 0.25) is 0 Å². The molecule has 0 aliphatic carbocycles. The van der Waals surface area contributed by atoms with Crippen LogP contribution in [0, 0.1) is 6.92 Å². The van der Waals surface area contributed by atoms with Gasteiger partial charge in [-0.1, -0.05) is 19.1 Å². The molecular weight excluding hydrogens is 198 g/mol. The van der Waals surface area contributed by atoms with Gasteiger partial charge in [0, 0.05) is 31.9 Å². The first kappa shape index (κ1) is 13.0. The Morgan fingerprint density at radius 2 is 1.88 bits per heavy atom. The van der Waals surface area contributed by atoms with Crippen molar-refractivity contribution in [3.05, 3.63) is 29.8 Å². The Morgan fingerprint density at radius 3 is 2.44 bits per heavy atom. The molecule has 0 amide bonds. The van der Waals surface area contributed by atoms with Crippen LogP contribution < -0.4 is 10.7 Å². The maximum atomic E-state index is 5.79. The molecule has 0 radical (unpaired) electrons. The lowest BCUT2D eigenvalue weighted by molar-refractivity contribution is 0.305. The first-order chi connectivity index (χ1) is 7.67. The van der Waals surface area contributed by atoms with Gasteiger partial charge in [-0.3, -0.25) is 5.84 Å². The maximum absolute atomic E-state index is 5.79. The van der Waals surface area contributed by atoms with Crippen molar-refractivity contribution < 1.29 is 0 Å². The third-order valence-corrected chi connectivity index (χ3v) is 2.81. The van der Waals surface area contributed by atoms with Crippen molar-refractivity contribution in [1.82, 2.24) is 5.01 Å². The fourth-order valence-corrected chi connectivity index (χ4v) is 1.70. The highest BCUT2D eigenvalue weighted by atomic mass is 15.4. The minimum atomic E-state index is 0.894. The van der Waals surface area contributed by atoms with E-state index < -0.39 is 0 Å². The van der Waals surface area contributed by atoms with Crippen molar-refractivity contribution in [2.45, 2.75) is 20.8 Å². The van der Waals surface area contributed by atoms with E-state index >= 15 is 0 Å². The summed E-state index contributed by atoms with van der Waals surface area (Å²) in [4.78, 5) is 2.35. The number of rotatable bonds is 6. The van der Waals surface area contributed by atoms with E-state index in [9.17, 15) is 0 Å². The van der Waals surface area contributed by atoms with Gasteiger partial charge in [0.25, 0.3) is 0 Å². The maximum Gasteiger partial charge on any atom is 0.0369 e. The van der Waals surface area contributed by atoms with E-state index in [1.807, 2.05) is 5.01 Å². The summed E-state index contributed by atoms with van der Waals surface area (Å²) >= 11 is 0. The molecule has 16 heavy (non-hydrogen) atoms. The summed E-state index contributed by atoms with van der Waals surface area (Å²) in [5.41, 5.74) is 2.59. The van der Waals surface area contributed by atoms with Gasteiger partial charge in [-0.15, -0.1) is 0 Å². The molecule has 0 unspecified atom stereocenters. The van der Waals surface area contributed by atoms with Gasteiger partial charge < -0.3 is 4.90 Å². The SMILES string of the molecule is CCN(N)CCN(CC)c1cccc(C)c1. The Balaban J connectivity index is 2.60. The van der Waals surface area contributed by atoms with E-state index in [0.717, 1.165) is 26.2 Å². The van der Waals surface area contributed by atoms with Crippen LogP contribution >= 0.6 is 0 Å². The van der Waals surface area contributed by atoms with Crippen LogP contribution in [0.5, 0.6) is 0 Å². The van der Waals surface area contributed by atoms with Crippen molar-refractivity contribution in [2.24, 2.45) is 5.84 Å². The van der Waals surface area contributed by atoms with E-state index in [-0.39, 0.29) is 0 Å². The number of nitrogens with two attached hydrogens (primary N) is 1. The molecule has 2 N–H and O–H groups in total. The number of aryl methyl sites for hydroxylation is 1. The highest BCUT2D eigenvalue weighted by Gasteiger charge is 2.05. The van der Waals surface area contributed by atoms with E-state index in [1.54, 1.807) is 0 Å². The number of likely N-dealkylation sites (N-methyl/N-ethyl adjacent to an activating group) is 2. The summed E-state index contributed by atoms with van der Waals surface area (Å²) in [6.45, 7) is 10.2. The average Bonchev–Trinajstić information content (AvgIpc) is 2.29. The number of anilines is 1. The minimum Gasteiger partial charge on any atom is -0.370 e. The fourth-order valence-electron chi connectivity index (χ4n) is 1.70. The predicted octanol–water partition coefficient (Wildman–Crippen LogP) is 2.02. The third kappa shape index (κ3) is 3.83. The molecule has 0 heterocycles. The normalized spacial score (nSPS) is 10.8. The first-order valence-corrected chi connectivity index (χ1v) is 5.98. The Labute approximate surface area is 98.8 Å². The predicted molar refractivity (Wildman–Crippen MR) is 70.5 cm³/mol. The standard InChI is InChI=1S/C13H23N3/c1-4-15(9-10-16(14)5-2)13-8-6-7-12(3)11-13/h6-8,11H,4-5,9-10,14H2,1-3H3. The number of hydrogen-bond acceptors (Lipinski definition) is 3. The molecule has 1 aromatic carbocycles. The van der Waals surface area contributed by atoms with E-state index in [0.29, 0.717) is 0 Å². The van der Waals surface area contributed by atoms with E-state index in [4.69, 9.17) is 5.84 Å². The van der Waals surface area contributed by atoms with Gasteiger partial charge in [0.2, 0.25) is 0 Å². The van der Waals surface area contributed by atoms with Crippen molar-refractivity contribution in [1.29, 1.82) is 0 Å². The number of benzene rings is 1. The summed E-state index contributed by atoms with van der Waals surface area (Å²) in [5.74, 6) is 5.79. The van der Waals surface area contributed by atoms with Crippen LogP contribution in [0.3, 0.4) is 0 Å². The van der Waals surface area contributed by atoms with Gasteiger partial charge in [0.15, 0.2) is 0 Å². The van der Waals surface area contributed by atoms with E-state index in [1.165, 1.54) is 11.3 Å². The number of hydrogen-bond donors (Lipinski definition) is 1. The first-order valence-electron chi connectivity index (χ1n) is 5.98. The molecule has 0 fully saturated rings. The van der Waals surface area contributed by atoms with Crippen LogP contribution in [0.4, 0.5) is 5.69 Å². The second-order valence-electron chi connectivity index (χ2n) is 4.05. The van der Waals surface area contributed by atoms with Crippen molar-refractivity contribution in [3.8, 4) is 0 Å². The van der Waals surface area contributed by atoms with Crippen LogP contribution in [-0.2, 0) is 0 Å². The molecular formula is C13H23N3. The topological polar surface area (TPSA) is 32.5 Å². The second-order valence-corrected chi connectivity index (χ2v) is 4.05. The molecule has 0 bridgehead atoms. The summed E-state index contributed by atoms with van der Waals surface area (Å²) in [6.07, 6.45) is 0. The number of hydrazine groups is 1. The molecule has 1 aromatic rings. The molecule has 3 heteroatoms. The lowest BCUT2D eigenvalue weighted by Gasteiger charge is -2.25. The van der Waals surface area contributed by atoms with Gasteiger partial charge in [-0.05, 0) is 31.5 Å². The molecule has 0 saturated heterocycles. The molecule has 0 spiro atoms. The van der Waals surface area contributed by atoms with Crippen molar-refractivity contribution >= 4 is 5.69 Å². The molecule has 0 saturated carbocycles. The fraction of sp³-hybridized carbons (Fsp3) is 0.538. The summed E-state index contributed by atoms with van der Waals surface area (Å²) < 4.78 is 0. The van der Waals surface area contributed by atoms with Gasteiger partial charge >= 0.3 is 0 Å². The van der Waals surface area contributed by atoms with Gasteiger partial charge in [-0.2, -0.15) is 0 Å². The summed E-state index contributed by atoms with van der Waals surface area (Å²) in [6, 6.07) is 8.60. The lowest BCUT2D eigenvalue weighted by Crippen LogP contribution is -2.39. The molecule has 90 valence electrons. The smallest absolute Gasteiger partial charge is 0.0369 e. The molecule has 1 rings (SSSR count). The van der Waals surface area contributed by atoms with Crippen LogP contribution in [0.1, 0.15) is 19.4 Å². The van der Waals surface area contributed by atoms with Gasteiger partial charge in [-0.25, -0.2) is 5.01 Å². The zero-order chi connectivity index (χ0) is 12.0. The number of nitrogens with zero attached hydrogens (tertiary/aromatic N) is 2. The quantitative estimate of drug-likeness (QED) is 0.589. The molecule has 0 aromatic heterocycles. The van der Waals surface area contributed by atoms with Gasteiger partial charge in [0.1, 0.15) is 0 Å². The monoisotopic (exact) mass is 221 g/mol. The summed E-state index contributed by atoms with van der Waals surface area (Å²) in [5, 5.41) is 1.85. The van der Waals surface area contributed by atoms with Gasteiger partial charge in [0.05, 0.1) is 0 Å². The zero-order valence-electron chi connectivity index (χ0n) is 10.6. The van der Waals surface area contributed by atoms with Crippen LogP contribution in [0.15, 0.2) is 24.3 Å². The van der Waals surface area contributed by atoms with Crippen LogP contribution in [-0.4, -0.2) is 31.2 Å². The van der Waals surface area contributed by atoms with Crippen LogP contribution in [0.25, 0.3) is 0 Å². The molecule has 3 nitrogen and oxygen atoms in total. The zero-order valence-corrected chi connectivity index (χ0v) is 10.6. The molecule has 0 aliphatic heterocycles. The van der Waals surface area contributed by atoms with Crippen molar-refractivity contribution in [2.75, 3.05) is 31.1 Å². The highest BCUT2D eigenvalue weighted by Crippen LogP contribution is 2.15. The largest absolute Gasteiger partial charge is 0.370 e. The van der Waals surface area contributed by atoms with E-state index in [2.05, 4.69) is 49.9 Å². The minimum absolute atomic E-state index is 0.894. The van der Waals surface area contributed by atoms with Crippen molar-refractivity contribution in [3.63, 3.8) is 0 Å². The Kier molecular flexibility index (Phi) is 5.29.